The molecule has 0 saturated carbocycles. The third kappa shape index (κ3) is 6.06. The Morgan fingerprint density at radius 2 is 2.17 bits per heavy atom. The summed E-state index contributed by atoms with van der Waals surface area (Å²) in [5.74, 6) is 0.880. The van der Waals surface area contributed by atoms with E-state index in [0.29, 0.717) is 23.2 Å². The number of likely N-dealkylation sites (tertiary alicyclic amines) is 1. The molecule has 1 aromatic heterocycles. The van der Waals surface area contributed by atoms with Gasteiger partial charge in [-0.25, -0.2) is 9.78 Å². The van der Waals surface area contributed by atoms with Gasteiger partial charge in [-0.2, -0.15) is 0 Å². The van der Waals surface area contributed by atoms with Crippen molar-refractivity contribution in [2.45, 2.75) is 57.4 Å². The number of nitrogens with zero attached hydrogens (tertiary/aromatic N) is 2. The smallest absolute Gasteiger partial charge is 0.410 e. The van der Waals surface area contributed by atoms with Gasteiger partial charge in [0, 0.05) is 35.3 Å². The summed E-state index contributed by atoms with van der Waals surface area (Å²) in [5.41, 5.74) is 0.366. The Kier molecular flexibility index (Phi) is 6.63. The zero-order chi connectivity index (χ0) is 17.7. The van der Waals surface area contributed by atoms with E-state index in [0.717, 1.165) is 24.8 Å². The number of hydrogen-bond donors (Lipinski definition) is 0. The van der Waals surface area contributed by atoms with Crippen LogP contribution in [0.15, 0.2) is 18.3 Å². The highest BCUT2D eigenvalue weighted by Gasteiger charge is 2.31. The summed E-state index contributed by atoms with van der Waals surface area (Å²) in [5, 5.41) is 0.424. The van der Waals surface area contributed by atoms with Gasteiger partial charge in [0.15, 0.2) is 0 Å². The number of pyridine rings is 1. The number of rotatable bonds is 4. The Bertz CT molecular complexity index is 586. The van der Waals surface area contributed by atoms with Gasteiger partial charge >= 0.3 is 6.09 Å². The molecular weight excluding hydrogens is 348 g/mol. The van der Waals surface area contributed by atoms with Crippen LogP contribution in [-0.2, 0) is 21.3 Å². The van der Waals surface area contributed by atoms with Crippen LogP contribution in [0.2, 0.25) is 5.15 Å². The summed E-state index contributed by atoms with van der Waals surface area (Å²) in [4.78, 5) is 18.1. The highest BCUT2D eigenvalue weighted by molar-refractivity contribution is 7.84. The van der Waals surface area contributed by atoms with Crippen LogP contribution >= 0.6 is 11.6 Å². The Labute approximate surface area is 151 Å². The first kappa shape index (κ1) is 19.2. The molecule has 1 aliphatic heterocycles. The lowest BCUT2D eigenvalue weighted by molar-refractivity contribution is 0.0125. The first-order valence-electron chi connectivity index (χ1n) is 8.19. The van der Waals surface area contributed by atoms with E-state index in [1.54, 1.807) is 17.2 Å². The first-order chi connectivity index (χ1) is 11.2. The van der Waals surface area contributed by atoms with Gasteiger partial charge in [0.05, 0.1) is 5.75 Å². The second kappa shape index (κ2) is 8.30. The van der Waals surface area contributed by atoms with Crippen molar-refractivity contribution in [2.75, 3.05) is 12.3 Å². The van der Waals surface area contributed by atoms with Gasteiger partial charge in [-0.05, 0) is 51.7 Å². The second-order valence-electron chi connectivity index (χ2n) is 7.06. The lowest BCUT2D eigenvalue weighted by atomic mass is 10.0. The number of carbonyl (C=O) groups excluding carboxylic acids is 1. The Balaban J connectivity index is 1.96. The van der Waals surface area contributed by atoms with Crippen molar-refractivity contribution >= 4 is 28.5 Å². The minimum absolute atomic E-state index is 0.0327. The Morgan fingerprint density at radius 1 is 1.42 bits per heavy atom. The van der Waals surface area contributed by atoms with Crippen molar-refractivity contribution in [3.8, 4) is 0 Å². The molecule has 1 saturated heterocycles. The average molecular weight is 373 g/mol. The molecular formula is C17H25ClN2O3S. The van der Waals surface area contributed by atoms with Crippen LogP contribution in [0.1, 0.15) is 45.6 Å². The minimum Gasteiger partial charge on any atom is -0.444 e. The van der Waals surface area contributed by atoms with E-state index in [1.807, 2.05) is 26.8 Å². The van der Waals surface area contributed by atoms with Gasteiger partial charge in [-0.15, -0.1) is 0 Å². The second-order valence-corrected chi connectivity index (χ2v) is 8.95. The standard InChI is InChI=1S/C17H25ClN2O3S/c1-17(2,3)23-16(21)20-9-5-4-6-14(20)12-24(22)11-13-7-8-15(18)19-10-13/h7-8,10,14H,4-6,9,11-12H2,1-3H3/t14-,24+/m1/s1. The fourth-order valence-electron chi connectivity index (χ4n) is 2.69. The van der Waals surface area contributed by atoms with Gasteiger partial charge in [0.25, 0.3) is 0 Å². The van der Waals surface area contributed by atoms with Crippen molar-refractivity contribution in [1.82, 2.24) is 9.88 Å². The number of carbonyl (C=O) groups is 1. The summed E-state index contributed by atoms with van der Waals surface area (Å²) >= 11 is 5.77. The molecule has 1 aliphatic rings. The third-order valence-electron chi connectivity index (χ3n) is 3.75. The summed E-state index contributed by atoms with van der Waals surface area (Å²) in [6.07, 6.45) is 4.21. The molecule has 24 heavy (non-hydrogen) atoms. The Morgan fingerprint density at radius 3 is 2.79 bits per heavy atom. The number of piperidine rings is 1. The molecule has 0 aromatic carbocycles. The van der Waals surface area contributed by atoms with E-state index in [1.165, 1.54) is 0 Å². The molecule has 2 rings (SSSR count). The maximum Gasteiger partial charge on any atom is 0.410 e. The fourth-order valence-corrected chi connectivity index (χ4v) is 4.23. The molecule has 5 nitrogen and oxygen atoms in total. The van der Waals surface area contributed by atoms with Crippen molar-refractivity contribution in [3.05, 3.63) is 29.0 Å². The molecule has 2 atom stereocenters. The van der Waals surface area contributed by atoms with Crippen LogP contribution in [-0.4, -0.2) is 44.1 Å². The molecule has 0 N–H and O–H groups in total. The van der Waals surface area contributed by atoms with E-state index in [-0.39, 0.29) is 12.1 Å². The Hall–Kier alpha value is -1.14. The van der Waals surface area contributed by atoms with Crippen molar-refractivity contribution < 1.29 is 13.7 Å². The third-order valence-corrected chi connectivity index (χ3v) is 5.39. The van der Waals surface area contributed by atoms with Gasteiger partial charge in [0.2, 0.25) is 0 Å². The monoisotopic (exact) mass is 372 g/mol. The normalized spacial score (nSPS) is 19.8. The van der Waals surface area contributed by atoms with E-state index in [9.17, 15) is 9.00 Å². The molecule has 0 aliphatic carbocycles. The number of hydrogen-bond acceptors (Lipinski definition) is 4. The van der Waals surface area contributed by atoms with Crippen LogP contribution < -0.4 is 0 Å². The molecule has 134 valence electrons. The van der Waals surface area contributed by atoms with Crippen LogP contribution in [0.25, 0.3) is 0 Å². The quantitative estimate of drug-likeness (QED) is 0.755. The molecule has 0 bridgehead atoms. The van der Waals surface area contributed by atoms with Gasteiger partial charge in [-0.1, -0.05) is 17.7 Å². The first-order valence-corrected chi connectivity index (χ1v) is 10.1. The number of ether oxygens (including phenoxy) is 1. The molecule has 1 fully saturated rings. The van der Waals surface area contributed by atoms with Crippen LogP contribution in [0.3, 0.4) is 0 Å². The SMILES string of the molecule is CC(C)(C)OC(=O)N1CCCC[C@@H]1C[S@@](=O)Cc1ccc(Cl)nc1. The number of halogens is 1. The summed E-state index contributed by atoms with van der Waals surface area (Å²) in [6.45, 7) is 6.24. The largest absolute Gasteiger partial charge is 0.444 e. The van der Waals surface area contributed by atoms with Crippen molar-refractivity contribution in [2.24, 2.45) is 0 Å². The predicted octanol–water partition coefficient (Wildman–Crippen LogP) is 3.77. The predicted molar refractivity (Wildman–Crippen MR) is 96.5 cm³/mol. The minimum atomic E-state index is -1.07. The maximum absolute atomic E-state index is 12.5. The lowest BCUT2D eigenvalue weighted by Gasteiger charge is -2.36. The van der Waals surface area contributed by atoms with Crippen LogP contribution in [0.5, 0.6) is 0 Å². The van der Waals surface area contributed by atoms with Gasteiger partial charge < -0.3 is 9.64 Å². The topological polar surface area (TPSA) is 59.5 Å². The fraction of sp³-hybridized carbons (Fsp3) is 0.647. The van der Waals surface area contributed by atoms with Crippen LogP contribution in [0.4, 0.5) is 4.79 Å². The van der Waals surface area contributed by atoms with Crippen molar-refractivity contribution in [3.63, 3.8) is 0 Å². The summed E-state index contributed by atoms with van der Waals surface area (Å²) < 4.78 is 18.0. The van der Waals surface area contributed by atoms with E-state index in [4.69, 9.17) is 16.3 Å². The molecule has 0 unspecified atom stereocenters. The number of aromatic nitrogens is 1. The molecule has 1 amide bonds. The number of amides is 1. The zero-order valence-corrected chi connectivity index (χ0v) is 16.0. The summed E-state index contributed by atoms with van der Waals surface area (Å²) in [6, 6.07) is 3.50. The van der Waals surface area contributed by atoms with E-state index < -0.39 is 16.4 Å². The van der Waals surface area contributed by atoms with Gasteiger partial charge in [-0.3, -0.25) is 4.21 Å². The molecule has 0 spiro atoms. The molecule has 7 heteroatoms. The van der Waals surface area contributed by atoms with Crippen LogP contribution in [0, 0.1) is 0 Å². The highest BCUT2D eigenvalue weighted by atomic mass is 35.5. The molecule has 1 aromatic rings. The summed E-state index contributed by atoms with van der Waals surface area (Å²) in [7, 11) is -1.07. The van der Waals surface area contributed by atoms with E-state index >= 15 is 0 Å². The lowest BCUT2D eigenvalue weighted by Crippen LogP contribution is -2.48. The van der Waals surface area contributed by atoms with Crippen molar-refractivity contribution in [1.29, 1.82) is 0 Å². The zero-order valence-electron chi connectivity index (χ0n) is 14.5. The molecule has 2 heterocycles. The van der Waals surface area contributed by atoms with E-state index in [2.05, 4.69) is 4.98 Å². The van der Waals surface area contributed by atoms with Gasteiger partial charge in [0.1, 0.15) is 10.8 Å². The molecule has 0 radical (unpaired) electrons. The maximum atomic E-state index is 12.5. The highest BCUT2D eigenvalue weighted by Crippen LogP contribution is 2.22. The average Bonchev–Trinajstić information content (AvgIpc) is 2.48.